The van der Waals surface area contributed by atoms with E-state index in [0.717, 1.165) is 31.5 Å². The Morgan fingerprint density at radius 1 is 1.53 bits per heavy atom. The second kappa shape index (κ2) is 4.96. The van der Waals surface area contributed by atoms with Gasteiger partial charge in [0.1, 0.15) is 4.88 Å². The molecule has 0 saturated carbocycles. The van der Waals surface area contributed by atoms with Gasteiger partial charge in [0.15, 0.2) is 0 Å². The molecule has 2 N–H and O–H groups in total. The zero-order valence-corrected chi connectivity index (χ0v) is 11.7. The summed E-state index contributed by atoms with van der Waals surface area (Å²) in [5.41, 5.74) is 0.862. The van der Waals surface area contributed by atoms with Crippen molar-refractivity contribution in [2.75, 3.05) is 13.1 Å². The monoisotopic (exact) mass is 272 g/mol. The molecule has 2 rings (SSSR count). The number of hydrogen-bond acceptors (Lipinski definition) is 3. The molecule has 17 heavy (non-hydrogen) atoms. The maximum Gasteiger partial charge on any atom is 0.263 e. The molecule has 0 unspecified atom stereocenters. The lowest BCUT2D eigenvalue weighted by Gasteiger charge is -2.34. The SMILES string of the molecule is Cc1csc(C(=O)NC2(C)CCNCC2)c1Cl. The van der Waals surface area contributed by atoms with E-state index in [2.05, 4.69) is 17.6 Å². The van der Waals surface area contributed by atoms with Crippen molar-refractivity contribution in [3.63, 3.8) is 0 Å². The highest BCUT2D eigenvalue weighted by Crippen LogP contribution is 2.28. The Morgan fingerprint density at radius 3 is 2.71 bits per heavy atom. The molecule has 1 aromatic rings. The summed E-state index contributed by atoms with van der Waals surface area (Å²) in [5.74, 6) is -0.0440. The summed E-state index contributed by atoms with van der Waals surface area (Å²) < 4.78 is 0. The molecule has 1 amide bonds. The summed E-state index contributed by atoms with van der Waals surface area (Å²) >= 11 is 7.52. The van der Waals surface area contributed by atoms with Gasteiger partial charge in [-0.05, 0) is 50.7 Å². The second-order valence-corrected chi connectivity index (χ2v) is 6.08. The van der Waals surface area contributed by atoms with E-state index in [0.29, 0.717) is 9.90 Å². The number of rotatable bonds is 2. The number of amides is 1. The first-order valence-corrected chi connectivity index (χ1v) is 7.04. The minimum atomic E-state index is -0.108. The number of hydrogen-bond donors (Lipinski definition) is 2. The Kier molecular flexibility index (Phi) is 3.76. The predicted molar refractivity (Wildman–Crippen MR) is 72.0 cm³/mol. The normalized spacial score (nSPS) is 19.0. The molecule has 0 bridgehead atoms. The van der Waals surface area contributed by atoms with Gasteiger partial charge in [0, 0.05) is 5.54 Å². The zero-order valence-electron chi connectivity index (χ0n) is 10.1. The van der Waals surface area contributed by atoms with Gasteiger partial charge in [-0.1, -0.05) is 11.6 Å². The molecular weight excluding hydrogens is 256 g/mol. The maximum absolute atomic E-state index is 12.1. The summed E-state index contributed by atoms with van der Waals surface area (Å²) in [4.78, 5) is 12.8. The zero-order chi connectivity index (χ0) is 12.5. The highest BCUT2D eigenvalue weighted by molar-refractivity contribution is 7.13. The molecule has 2 heterocycles. The minimum absolute atomic E-state index is 0.0440. The van der Waals surface area contributed by atoms with Crippen LogP contribution in [0.5, 0.6) is 0 Å². The number of carbonyl (C=O) groups excluding carboxylic acids is 1. The van der Waals surface area contributed by atoms with Crippen molar-refractivity contribution in [2.45, 2.75) is 32.2 Å². The van der Waals surface area contributed by atoms with Crippen molar-refractivity contribution in [2.24, 2.45) is 0 Å². The fourth-order valence-corrected chi connectivity index (χ4v) is 3.19. The van der Waals surface area contributed by atoms with Crippen LogP contribution >= 0.6 is 22.9 Å². The number of thiophene rings is 1. The van der Waals surface area contributed by atoms with E-state index >= 15 is 0 Å². The molecule has 0 spiro atoms. The van der Waals surface area contributed by atoms with E-state index < -0.39 is 0 Å². The van der Waals surface area contributed by atoms with Crippen LogP contribution in [0.25, 0.3) is 0 Å². The van der Waals surface area contributed by atoms with Crippen LogP contribution in [0.3, 0.4) is 0 Å². The summed E-state index contributed by atoms with van der Waals surface area (Å²) in [6.07, 6.45) is 1.92. The average Bonchev–Trinajstić information content (AvgIpc) is 2.60. The lowest BCUT2D eigenvalue weighted by molar-refractivity contribution is 0.0892. The number of piperidine rings is 1. The van der Waals surface area contributed by atoms with E-state index in [9.17, 15) is 4.79 Å². The van der Waals surface area contributed by atoms with Gasteiger partial charge in [-0.25, -0.2) is 0 Å². The Balaban J connectivity index is 2.08. The Bertz CT molecular complexity index is 424. The maximum atomic E-state index is 12.1. The first-order chi connectivity index (χ1) is 8.02. The van der Waals surface area contributed by atoms with Crippen LogP contribution in [0.2, 0.25) is 5.02 Å². The molecule has 1 saturated heterocycles. The topological polar surface area (TPSA) is 41.1 Å². The third-order valence-corrected chi connectivity index (χ3v) is 4.92. The molecule has 0 aromatic carbocycles. The van der Waals surface area contributed by atoms with Crippen LogP contribution in [0.4, 0.5) is 0 Å². The molecule has 94 valence electrons. The third-order valence-electron chi connectivity index (χ3n) is 3.23. The second-order valence-electron chi connectivity index (χ2n) is 4.83. The standard InChI is InChI=1S/C12H17ClN2OS/c1-8-7-17-10(9(8)13)11(16)15-12(2)3-5-14-6-4-12/h7,14H,3-6H2,1-2H3,(H,15,16). The van der Waals surface area contributed by atoms with Gasteiger partial charge in [-0.3, -0.25) is 4.79 Å². The molecule has 1 aliphatic heterocycles. The molecule has 0 aliphatic carbocycles. The number of halogens is 1. The smallest absolute Gasteiger partial charge is 0.263 e. The summed E-state index contributed by atoms with van der Waals surface area (Å²) in [6.45, 7) is 5.92. The Hall–Kier alpha value is -0.580. The highest BCUT2D eigenvalue weighted by atomic mass is 35.5. The summed E-state index contributed by atoms with van der Waals surface area (Å²) in [5, 5.41) is 8.91. The van der Waals surface area contributed by atoms with Gasteiger partial charge < -0.3 is 10.6 Å². The Labute approximate surface area is 111 Å². The van der Waals surface area contributed by atoms with Crippen LogP contribution in [-0.2, 0) is 0 Å². The number of nitrogens with one attached hydrogen (secondary N) is 2. The molecule has 0 atom stereocenters. The first kappa shape index (κ1) is 12.9. The molecule has 3 nitrogen and oxygen atoms in total. The van der Waals surface area contributed by atoms with Crippen molar-refractivity contribution >= 4 is 28.8 Å². The number of carbonyl (C=O) groups is 1. The van der Waals surface area contributed by atoms with Gasteiger partial charge in [0.05, 0.1) is 5.02 Å². The summed E-state index contributed by atoms with van der Waals surface area (Å²) in [7, 11) is 0. The van der Waals surface area contributed by atoms with Crippen molar-refractivity contribution in [1.29, 1.82) is 0 Å². The molecule has 0 radical (unpaired) electrons. The fourth-order valence-electron chi connectivity index (χ4n) is 2.02. The van der Waals surface area contributed by atoms with Crippen LogP contribution < -0.4 is 10.6 Å². The van der Waals surface area contributed by atoms with Gasteiger partial charge in [-0.15, -0.1) is 11.3 Å². The summed E-state index contributed by atoms with van der Waals surface area (Å²) in [6, 6.07) is 0. The largest absolute Gasteiger partial charge is 0.346 e. The lowest BCUT2D eigenvalue weighted by atomic mass is 9.90. The van der Waals surface area contributed by atoms with Crippen LogP contribution in [-0.4, -0.2) is 24.5 Å². The predicted octanol–water partition coefficient (Wildman–Crippen LogP) is 2.58. The molecule has 1 aromatic heterocycles. The van der Waals surface area contributed by atoms with Crippen molar-refractivity contribution < 1.29 is 4.79 Å². The van der Waals surface area contributed by atoms with Gasteiger partial charge in [-0.2, -0.15) is 0 Å². The number of aryl methyl sites for hydroxylation is 1. The Morgan fingerprint density at radius 2 is 2.18 bits per heavy atom. The van der Waals surface area contributed by atoms with Crippen LogP contribution in [0.1, 0.15) is 35.0 Å². The minimum Gasteiger partial charge on any atom is -0.346 e. The fraction of sp³-hybridized carbons (Fsp3) is 0.583. The average molecular weight is 273 g/mol. The molecule has 1 fully saturated rings. The highest BCUT2D eigenvalue weighted by Gasteiger charge is 2.29. The van der Waals surface area contributed by atoms with Gasteiger partial charge in [0.2, 0.25) is 0 Å². The van der Waals surface area contributed by atoms with Crippen LogP contribution in [0.15, 0.2) is 5.38 Å². The molecule has 5 heteroatoms. The van der Waals surface area contributed by atoms with E-state index in [1.165, 1.54) is 11.3 Å². The van der Waals surface area contributed by atoms with Gasteiger partial charge >= 0.3 is 0 Å². The van der Waals surface area contributed by atoms with E-state index in [4.69, 9.17) is 11.6 Å². The van der Waals surface area contributed by atoms with E-state index in [1.807, 2.05) is 12.3 Å². The quantitative estimate of drug-likeness (QED) is 0.869. The lowest BCUT2D eigenvalue weighted by Crippen LogP contribution is -2.52. The van der Waals surface area contributed by atoms with E-state index in [-0.39, 0.29) is 11.4 Å². The van der Waals surface area contributed by atoms with Crippen molar-refractivity contribution in [1.82, 2.24) is 10.6 Å². The van der Waals surface area contributed by atoms with E-state index in [1.54, 1.807) is 0 Å². The van der Waals surface area contributed by atoms with Gasteiger partial charge in [0.25, 0.3) is 5.91 Å². The van der Waals surface area contributed by atoms with Crippen molar-refractivity contribution in [3.8, 4) is 0 Å². The first-order valence-electron chi connectivity index (χ1n) is 5.79. The third kappa shape index (κ3) is 2.81. The van der Waals surface area contributed by atoms with Crippen LogP contribution in [0, 0.1) is 6.92 Å². The molecular formula is C12H17ClN2OS. The van der Waals surface area contributed by atoms with Crippen molar-refractivity contribution in [3.05, 3.63) is 20.8 Å². The molecule has 1 aliphatic rings.